The van der Waals surface area contributed by atoms with Crippen LogP contribution in [0.15, 0.2) is 42.6 Å². The molecule has 0 fully saturated rings. The van der Waals surface area contributed by atoms with Crippen LogP contribution in [-0.2, 0) is 0 Å². The predicted octanol–water partition coefficient (Wildman–Crippen LogP) is 3.39. The Morgan fingerprint density at radius 1 is 1.39 bits per heavy atom. The van der Waals surface area contributed by atoms with E-state index in [1.54, 1.807) is 6.33 Å². The number of H-pyrrole nitrogens is 1. The molecule has 3 aromatic heterocycles. The molecule has 3 heterocycles. The van der Waals surface area contributed by atoms with Gasteiger partial charge >= 0.3 is 0 Å². The molecule has 0 aliphatic heterocycles. The highest BCUT2D eigenvalue weighted by molar-refractivity contribution is 5.89. The number of aromatic amines is 1. The molecule has 4 rings (SSSR count). The van der Waals surface area contributed by atoms with Gasteiger partial charge in [0.25, 0.3) is 0 Å². The molecule has 1 aliphatic rings. The van der Waals surface area contributed by atoms with Crippen LogP contribution >= 0.6 is 0 Å². The fourth-order valence-electron chi connectivity index (χ4n) is 3.21. The third kappa shape index (κ3) is 2.40. The topological polar surface area (TPSA) is 83.2 Å². The smallest absolute Gasteiger partial charge is 0.141 e. The zero-order valence-electron chi connectivity index (χ0n) is 12.6. The van der Waals surface area contributed by atoms with E-state index >= 15 is 0 Å². The third-order valence-corrected chi connectivity index (χ3v) is 4.34. The Bertz CT molecular complexity index is 910. The van der Waals surface area contributed by atoms with Crippen molar-refractivity contribution in [3.8, 4) is 17.3 Å². The summed E-state index contributed by atoms with van der Waals surface area (Å²) in [5.74, 6) is 0. The number of rotatable bonds is 4. The van der Waals surface area contributed by atoms with Crippen molar-refractivity contribution in [2.24, 2.45) is 0 Å². The molecule has 23 heavy (non-hydrogen) atoms. The fourth-order valence-corrected chi connectivity index (χ4v) is 3.21. The zero-order valence-corrected chi connectivity index (χ0v) is 12.6. The first kappa shape index (κ1) is 13.7. The number of nitrogens with one attached hydrogen (secondary N) is 1. The lowest BCUT2D eigenvalue weighted by molar-refractivity contribution is 0.513. The Morgan fingerprint density at radius 3 is 3.17 bits per heavy atom. The van der Waals surface area contributed by atoms with Crippen molar-refractivity contribution in [2.45, 2.75) is 31.7 Å². The van der Waals surface area contributed by atoms with Crippen LogP contribution in [0.25, 0.3) is 22.3 Å². The normalized spacial score (nSPS) is 15.5. The van der Waals surface area contributed by atoms with E-state index in [2.05, 4.69) is 32.2 Å². The summed E-state index contributed by atoms with van der Waals surface area (Å²) in [6.07, 6.45) is 13.2. The number of hydrogen-bond donors (Lipinski definition) is 1. The minimum atomic E-state index is 0.0276. The van der Waals surface area contributed by atoms with E-state index in [4.69, 9.17) is 5.26 Å². The number of fused-ring (bicyclic) bond motifs is 1. The van der Waals surface area contributed by atoms with Crippen molar-refractivity contribution < 1.29 is 0 Å². The van der Waals surface area contributed by atoms with Crippen molar-refractivity contribution >= 4 is 11.0 Å². The van der Waals surface area contributed by atoms with Crippen LogP contribution in [0.5, 0.6) is 0 Å². The minimum absolute atomic E-state index is 0.0276. The second-order valence-corrected chi connectivity index (χ2v) is 5.72. The molecule has 0 spiro atoms. The number of nitriles is 1. The van der Waals surface area contributed by atoms with Crippen molar-refractivity contribution in [2.75, 3.05) is 0 Å². The molecule has 0 saturated heterocycles. The van der Waals surface area contributed by atoms with Crippen molar-refractivity contribution in [3.05, 3.63) is 42.6 Å². The van der Waals surface area contributed by atoms with E-state index in [-0.39, 0.29) is 6.04 Å². The molecule has 6 nitrogen and oxygen atoms in total. The number of aromatic nitrogens is 5. The van der Waals surface area contributed by atoms with Gasteiger partial charge in [-0.25, -0.2) is 9.97 Å². The number of hydrogen-bond acceptors (Lipinski definition) is 4. The summed E-state index contributed by atoms with van der Waals surface area (Å²) in [5, 5.41) is 14.6. The van der Waals surface area contributed by atoms with E-state index in [1.807, 2.05) is 29.3 Å². The van der Waals surface area contributed by atoms with Gasteiger partial charge in [-0.3, -0.25) is 4.68 Å². The summed E-state index contributed by atoms with van der Waals surface area (Å²) < 4.78 is 1.90. The summed E-state index contributed by atoms with van der Waals surface area (Å²) in [7, 11) is 0. The van der Waals surface area contributed by atoms with Gasteiger partial charge in [-0.2, -0.15) is 10.4 Å². The maximum Gasteiger partial charge on any atom is 0.141 e. The van der Waals surface area contributed by atoms with Gasteiger partial charge in [-0.15, -0.1) is 0 Å². The summed E-state index contributed by atoms with van der Waals surface area (Å²) in [4.78, 5) is 11.7. The number of allylic oxidation sites excluding steroid dienone is 2. The highest BCUT2D eigenvalue weighted by atomic mass is 15.3. The first-order chi connectivity index (χ1) is 11.4. The lowest BCUT2D eigenvalue weighted by atomic mass is 10.0. The molecule has 1 atom stereocenters. The molecule has 114 valence electrons. The Balaban J connectivity index is 1.73. The van der Waals surface area contributed by atoms with Crippen LogP contribution in [0.1, 0.15) is 31.7 Å². The predicted molar refractivity (Wildman–Crippen MR) is 86.3 cm³/mol. The van der Waals surface area contributed by atoms with Crippen LogP contribution in [0.3, 0.4) is 0 Å². The highest BCUT2D eigenvalue weighted by Crippen LogP contribution is 2.32. The third-order valence-electron chi connectivity index (χ3n) is 4.34. The minimum Gasteiger partial charge on any atom is -0.346 e. The fraction of sp³-hybridized carbons (Fsp3) is 0.294. The number of nitrogens with zero attached hydrogens (tertiary/aromatic N) is 5. The average molecular weight is 304 g/mol. The molecular weight excluding hydrogens is 288 g/mol. The monoisotopic (exact) mass is 304 g/mol. The van der Waals surface area contributed by atoms with E-state index in [1.165, 1.54) is 12.0 Å². The van der Waals surface area contributed by atoms with Crippen LogP contribution in [0.4, 0.5) is 0 Å². The molecule has 0 amide bonds. The standard InChI is InChI=1S/C17H16N6/c18-7-5-15(12-3-1-2-4-12)23-10-13(9-22-23)16-14-6-8-19-17(14)21-11-20-16/h3,6,8-11,15H,1-2,4-5H2,(H,19,20,21). The van der Waals surface area contributed by atoms with Crippen molar-refractivity contribution in [3.63, 3.8) is 0 Å². The molecule has 1 aliphatic carbocycles. The van der Waals surface area contributed by atoms with Crippen LogP contribution in [0, 0.1) is 11.3 Å². The second kappa shape index (κ2) is 5.69. The summed E-state index contributed by atoms with van der Waals surface area (Å²) in [6.45, 7) is 0. The lowest BCUT2D eigenvalue weighted by Crippen LogP contribution is -2.11. The van der Waals surface area contributed by atoms with Crippen LogP contribution in [0.2, 0.25) is 0 Å². The Labute approximate surface area is 133 Å². The summed E-state index contributed by atoms with van der Waals surface area (Å²) in [6, 6.07) is 4.28. The average Bonchev–Trinajstić information content (AvgIpc) is 3.32. The van der Waals surface area contributed by atoms with Gasteiger partial charge in [-0.05, 0) is 30.9 Å². The first-order valence-corrected chi connectivity index (χ1v) is 7.75. The molecule has 3 aromatic rings. The molecule has 0 bridgehead atoms. The largest absolute Gasteiger partial charge is 0.346 e. The quantitative estimate of drug-likeness (QED) is 0.749. The molecule has 6 heteroatoms. The van der Waals surface area contributed by atoms with Gasteiger partial charge in [0.1, 0.15) is 12.0 Å². The molecule has 0 aromatic carbocycles. The lowest BCUT2D eigenvalue weighted by Gasteiger charge is -2.15. The van der Waals surface area contributed by atoms with Gasteiger partial charge in [-0.1, -0.05) is 6.08 Å². The zero-order chi connectivity index (χ0) is 15.6. The van der Waals surface area contributed by atoms with Gasteiger partial charge in [0.05, 0.1) is 30.4 Å². The van der Waals surface area contributed by atoms with Crippen molar-refractivity contribution in [1.82, 2.24) is 24.7 Å². The SMILES string of the molecule is N#CCC(C1=CCCC1)n1cc(-c2ncnc3[nH]ccc23)cn1. The molecule has 1 unspecified atom stereocenters. The van der Waals surface area contributed by atoms with E-state index in [0.717, 1.165) is 35.1 Å². The maximum atomic E-state index is 9.15. The van der Waals surface area contributed by atoms with Gasteiger partial charge in [0, 0.05) is 23.3 Å². The van der Waals surface area contributed by atoms with E-state index in [0.29, 0.717) is 6.42 Å². The first-order valence-electron chi connectivity index (χ1n) is 7.75. The van der Waals surface area contributed by atoms with E-state index in [9.17, 15) is 0 Å². The van der Waals surface area contributed by atoms with Crippen molar-refractivity contribution in [1.29, 1.82) is 5.26 Å². The Hall–Kier alpha value is -2.94. The summed E-state index contributed by atoms with van der Waals surface area (Å²) >= 11 is 0. The summed E-state index contributed by atoms with van der Waals surface area (Å²) in [5.41, 5.74) is 3.93. The highest BCUT2D eigenvalue weighted by Gasteiger charge is 2.20. The van der Waals surface area contributed by atoms with Gasteiger partial charge in [0.2, 0.25) is 0 Å². The van der Waals surface area contributed by atoms with Gasteiger partial charge < -0.3 is 4.98 Å². The Kier molecular flexibility index (Phi) is 3.39. The molecule has 1 N–H and O–H groups in total. The van der Waals surface area contributed by atoms with Crippen LogP contribution < -0.4 is 0 Å². The van der Waals surface area contributed by atoms with E-state index < -0.39 is 0 Å². The van der Waals surface area contributed by atoms with Gasteiger partial charge in [0.15, 0.2) is 0 Å². The maximum absolute atomic E-state index is 9.15. The second-order valence-electron chi connectivity index (χ2n) is 5.72. The molecule has 0 radical (unpaired) electrons. The molecular formula is C17H16N6. The van der Waals surface area contributed by atoms with Crippen LogP contribution in [-0.4, -0.2) is 24.7 Å². The molecule has 0 saturated carbocycles. The Morgan fingerprint density at radius 2 is 2.35 bits per heavy atom.